The molecule has 0 fully saturated rings. The van der Waals surface area contributed by atoms with E-state index in [0.29, 0.717) is 0 Å². The summed E-state index contributed by atoms with van der Waals surface area (Å²) in [7, 11) is -3.72. The molecule has 0 spiro atoms. The van der Waals surface area contributed by atoms with E-state index in [9.17, 15) is 0 Å². The topological polar surface area (TPSA) is 68.3 Å². The van der Waals surface area contributed by atoms with Gasteiger partial charge < -0.3 is 16.8 Å². The first-order chi connectivity index (χ1) is 4.46. The zero-order chi connectivity index (χ0) is 9.15. The van der Waals surface area contributed by atoms with Crippen LogP contribution < -0.4 is 0 Å². The second kappa shape index (κ2) is 16.2. The van der Waals surface area contributed by atoms with Crippen LogP contribution in [0.15, 0.2) is 0 Å². The Balaban J connectivity index is -0.0000000787. The first kappa shape index (κ1) is 16.8. The Labute approximate surface area is 73.1 Å². The van der Waals surface area contributed by atoms with Gasteiger partial charge in [0.1, 0.15) is 0 Å². The molecule has 3 radical (unpaired) electrons. The van der Waals surface area contributed by atoms with Crippen molar-refractivity contribution in [2.75, 3.05) is 12.5 Å². The number of rotatable bonds is 0. The van der Waals surface area contributed by atoms with Gasteiger partial charge in [0.05, 0.1) is 0 Å². The van der Waals surface area contributed by atoms with E-state index < -0.39 is 21.4 Å². The Kier molecular flexibility index (Phi) is 27.3. The molecule has 0 aliphatic heterocycles. The Morgan fingerprint density at radius 2 is 0.800 bits per heavy atom. The van der Waals surface area contributed by atoms with Crippen molar-refractivity contribution in [2.24, 2.45) is 0 Å². The molecule has 0 rings (SSSR count). The van der Waals surface area contributed by atoms with E-state index >= 15 is 0 Å². The fraction of sp³-hybridized carbons (Fsp3) is 1.00. The van der Waals surface area contributed by atoms with Crippen molar-refractivity contribution in [3.8, 4) is 0 Å². The van der Waals surface area contributed by atoms with Gasteiger partial charge in [0.25, 0.3) is 0 Å². The third-order valence-electron chi connectivity index (χ3n) is 0. The molecule has 4 nitrogen and oxygen atoms in total. The second-order valence-electron chi connectivity index (χ2n) is 0.803. The Bertz CT molecular complexity index is 135. The van der Waals surface area contributed by atoms with Gasteiger partial charge >= 0.3 is 22.3 Å². The first-order valence-electron chi connectivity index (χ1n) is 1.98. The normalized spacial score (nSPS) is 7.40. The summed E-state index contributed by atoms with van der Waals surface area (Å²) in [4.78, 5) is 0. The fourth-order valence-electron chi connectivity index (χ4n) is 0. The monoisotopic (exact) mass is 247 g/mol. The summed E-state index contributed by atoms with van der Waals surface area (Å²) < 4.78 is 36.0. The van der Waals surface area contributed by atoms with E-state index in [4.69, 9.17) is 16.8 Å². The van der Waals surface area contributed by atoms with Crippen LogP contribution in [-0.4, -0.2) is 29.0 Å². The van der Waals surface area contributed by atoms with Crippen molar-refractivity contribution in [3.63, 3.8) is 0 Å². The molecule has 0 atom stereocenters. The van der Waals surface area contributed by atoms with E-state index in [-0.39, 0.29) is 0 Å². The van der Waals surface area contributed by atoms with Gasteiger partial charge in [-0.1, -0.05) is 33.9 Å². The summed E-state index contributed by atoms with van der Waals surface area (Å²) in [5.41, 5.74) is 0. The molecule has 0 amide bonds. The second-order valence-corrected chi connectivity index (χ2v) is 2.41. The molecule has 0 N–H and O–H groups in total. The maximum atomic E-state index is 9.00. The van der Waals surface area contributed by atoms with E-state index in [1.807, 2.05) is 22.3 Å². The summed E-state index contributed by atoms with van der Waals surface area (Å²) in [6.45, 7) is 0. The van der Waals surface area contributed by atoms with Gasteiger partial charge in [-0.2, -0.15) is 0 Å². The molecule has 0 saturated heterocycles. The molecule has 0 bridgehead atoms. The molecular formula is C3H9GeO4S2-2. The predicted octanol–water partition coefficient (Wildman–Crippen LogP) is 0.0540. The average Bonchev–Trinajstić information content (AvgIpc) is 1.66. The minimum atomic E-state index is -1.86. The molecule has 10 heavy (non-hydrogen) atoms. The van der Waals surface area contributed by atoms with Crippen LogP contribution in [0.1, 0.15) is 0 Å². The molecule has 0 aromatic carbocycles. The van der Waals surface area contributed by atoms with Gasteiger partial charge in [0.2, 0.25) is 0 Å². The third kappa shape index (κ3) is 2380. The number of hydrogen-bond acceptors (Lipinski definition) is 6. The van der Waals surface area contributed by atoms with Gasteiger partial charge in [0, 0.05) is 0 Å². The van der Waals surface area contributed by atoms with Crippen LogP contribution in [0.4, 0.5) is 0 Å². The van der Waals surface area contributed by atoms with Crippen molar-refractivity contribution in [2.45, 2.75) is 5.76 Å². The van der Waals surface area contributed by atoms with Crippen molar-refractivity contribution in [1.82, 2.24) is 0 Å². The molecule has 7 heteroatoms. The van der Waals surface area contributed by atoms with Crippen molar-refractivity contribution in [3.05, 3.63) is 0 Å². The van der Waals surface area contributed by atoms with Crippen LogP contribution in [0, 0.1) is 0 Å². The van der Waals surface area contributed by atoms with Crippen molar-refractivity contribution >= 4 is 37.9 Å². The van der Waals surface area contributed by atoms with Crippen LogP contribution in [0.5, 0.6) is 0 Å². The molecular weight excluding hydrogens is 237 g/mol. The minimum absolute atomic E-state index is 1.08. The Morgan fingerprint density at radius 3 is 0.800 bits per heavy atom. The summed E-state index contributed by atoms with van der Waals surface area (Å²) in [6, 6.07) is 0. The van der Waals surface area contributed by atoms with Crippen LogP contribution >= 0.6 is 0 Å². The van der Waals surface area contributed by atoms with Gasteiger partial charge in [0.15, 0.2) is 0 Å². The summed E-state index contributed by atoms with van der Waals surface area (Å²) in [5, 5.41) is 0. The average molecular weight is 246 g/mol. The van der Waals surface area contributed by atoms with Gasteiger partial charge in [-0.3, -0.25) is 0 Å². The quantitative estimate of drug-likeness (QED) is 0.447. The molecule has 63 valence electrons. The molecule has 0 aliphatic rings. The van der Waals surface area contributed by atoms with Crippen LogP contribution in [0.2, 0.25) is 5.76 Å². The summed E-state index contributed by atoms with van der Waals surface area (Å²) >= 11 is 2.00. The van der Waals surface area contributed by atoms with E-state index in [2.05, 4.69) is 0 Å². The van der Waals surface area contributed by atoms with Gasteiger partial charge in [-0.05, 0) is 0 Å². The molecule has 0 heterocycles. The van der Waals surface area contributed by atoms with Crippen LogP contribution in [-0.2, 0) is 38.2 Å². The van der Waals surface area contributed by atoms with E-state index in [1.165, 1.54) is 0 Å². The zero-order valence-electron chi connectivity index (χ0n) is 5.95. The van der Waals surface area contributed by atoms with Gasteiger partial charge in [-0.25, -0.2) is 0 Å². The standard InChI is InChI=1S/CH3Ge.2CH3O2S/c1-2;2*1-4(2)3/h1H3;2*1H3/q;2*-1. The molecule has 0 aliphatic carbocycles. The van der Waals surface area contributed by atoms with Crippen molar-refractivity contribution in [1.29, 1.82) is 0 Å². The van der Waals surface area contributed by atoms with Crippen LogP contribution in [0.3, 0.4) is 0 Å². The molecule has 0 saturated carbocycles. The maximum absolute atomic E-state index is 9.00. The predicted molar refractivity (Wildman–Crippen MR) is 40.9 cm³/mol. The summed E-state index contributed by atoms with van der Waals surface area (Å²) in [6.07, 6.45) is 2.17. The van der Waals surface area contributed by atoms with Crippen LogP contribution in [0.25, 0.3) is 0 Å². The van der Waals surface area contributed by atoms with E-state index in [0.717, 1.165) is 12.5 Å². The zero-order valence-corrected chi connectivity index (χ0v) is 9.68. The number of hydrogen-bond donors (Lipinski definition) is 0. The van der Waals surface area contributed by atoms with Gasteiger partial charge in [-0.15, -0.1) is 0 Å². The third-order valence-corrected chi connectivity index (χ3v) is 0. The molecule has 0 aromatic rings. The van der Waals surface area contributed by atoms with E-state index in [1.54, 1.807) is 0 Å². The Morgan fingerprint density at radius 1 is 0.800 bits per heavy atom. The SMILES string of the molecule is C[S-](=O)=O.C[S-](=O)=O.[CH3][Ge]. The first-order valence-corrected chi connectivity index (χ1v) is 7.05. The summed E-state index contributed by atoms with van der Waals surface area (Å²) in [5.74, 6) is 2.00. The molecule has 0 unspecified atom stereocenters. The molecule has 0 aromatic heterocycles. The Hall–Kier alpha value is 0.443. The van der Waals surface area contributed by atoms with Crippen molar-refractivity contribution < 1.29 is 16.8 Å². The fourth-order valence-corrected chi connectivity index (χ4v) is 0.